The third-order valence-corrected chi connectivity index (χ3v) is 1.68. The highest BCUT2D eigenvalue weighted by atomic mass is 32.2. The highest BCUT2D eigenvalue weighted by molar-refractivity contribution is 8.13. The first-order valence-corrected chi connectivity index (χ1v) is 4.39. The van der Waals surface area contributed by atoms with Crippen molar-refractivity contribution in [2.24, 2.45) is 5.73 Å². The minimum Gasteiger partial charge on any atom is -0.379 e. The van der Waals surface area contributed by atoms with E-state index >= 15 is 0 Å². The number of rotatable bonds is 4. The van der Waals surface area contributed by atoms with E-state index in [1.807, 2.05) is 6.92 Å². The Kier molecular flexibility index (Phi) is 5.64. The molecular formula is C6H13N3OS. The molecule has 0 aliphatic rings. The largest absolute Gasteiger partial charge is 0.379 e. The summed E-state index contributed by atoms with van der Waals surface area (Å²) >= 11 is 1.19. The number of nitrogens with two attached hydrogens (primary N) is 1. The van der Waals surface area contributed by atoms with Gasteiger partial charge in [0.15, 0.2) is 5.17 Å². The van der Waals surface area contributed by atoms with E-state index in [4.69, 9.17) is 11.1 Å². The molecule has 0 fully saturated rings. The average molecular weight is 175 g/mol. The number of carbonyl (C=O) groups is 1. The van der Waals surface area contributed by atoms with Crippen LogP contribution in [0.2, 0.25) is 0 Å². The zero-order valence-corrected chi connectivity index (χ0v) is 7.33. The molecule has 0 bridgehead atoms. The molecule has 0 rings (SSSR count). The molecule has 0 atom stereocenters. The fourth-order valence-electron chi connectivity index (χ4n) is 0.539. The molecule has 0 aliphatic carbocycles. The van der Waals surface area contributed by atoms with E-state index in [-0.39, 0.29) is 11.1 Å². The molecule has 4 N–H and O–H groups in total. The zero-order valence-electron chi connectivity index (χ0n) is 6.52. The van der Waals surface area contributed by atoms with E-state index in [0.717, 1.165) is 0 Å². The minimum absolute atomic E-state index is 0.0150. The first-order chi connectivity index (χ1) is 5.16. The lowest BCUT2D eigenvalue weighted by Gasteiger charge is -1.99. The topological polar surface area (TPSA) is 79.0 Å². The average Bonchev–Trinajstić information content (AvgIpc) is 1.87. The fourth-order valence-corrected chi connectivity index (χ4v) is 1.05. The van der Waals surface area contributed by atoms with E-state index < -0.39 is 0 Å². The molecule has 0 heterocycles. The molecular weight excluding hydrogens is 162 g/mol. The molecule has 0 aromatic heterocycles. The third-order valence-electron chi connectivity index (χ3n) is 0.961. The number of hydrogen-bond donors (Lipinski definition) is 3. The molecule has 0 saturated heterocycles. The molecule has 1 amide bonds. The Morgan fingerprint density at radius 1 is 1.73 bits per heavy atom. The predicted molar refractivity (Wildman–Crippen MR) is 47.7 cm³/mol. The standard InChI is InChI=1S/C6H13N3OS/c1-2-9-5(10)3-4-11-6(7)8/h2-4H2,1H3,(H3,7,8)(H,9,10). The van der Waals surface area contributed by atoms with Crippen molar-refractivity contribution in [2.75, 3.05) is 12.3 Å². The maximum Gasteiger partial charge on any atom is 0.220 e. The van der Waals surface area contributed by atoms with Crippen molar-refractivity contribution in [1.29, 1.82) is 5.41 Å². The number of thioether (sulfide) groups is 1. The molecule has 64 valence electrons. The van der Waals surface area contributed by atoms with Gasteiger partial charge in [0.2, 0.25) is 5.91 Å². The van der Waals surface area contributed by atoms with Gasteiger partial charge < -0.3 is 11.1 Å². The quantitative estimate of drug-likeness (QED) is 0.420. The van der Waals surface area contributed by atoms with Crippen LogP contribution in [0.3, 0.4) is 0 Å². The summed E-state index contributed by atoms with van der Waals surface area (Å²) < 4.78 is 0. The summed E-state index contributed by atoms with van der Waals surface area (Å²) in [6.07, 6.45) is 0.429. The molecule has 0 aromatic rings. The van der Waals surface area contributed by atoms with Crippen molar-refractivity contribution in [2.45, 2.75) is 13.3 Å². The van der Waals surface area contributed by atoms with Gasteiger partial charge in [-0.2, -0.15) is 0 Å². The SMILES string of the molecule is CCNC(=O)CCSC(=N)N. The van der Waals surface area contributed by atoms with Crippen LogP contribution in [0.5, 0.6) is 0 Å². The van der Waals surface area contributed by atoms with Gasteiger partial charge in [-0.25, -0.2) is 0 Å². The van der Waals surface area contributed by atoms with Crippen LogP contribution in [-0.4, -0.2) is 23.4 Å². The lowest BCUT2D eigenvalue weighted by atomic mass is 10.4. The molecule has 4 nitrogen and oxygen atoms in total. The summed E-state index contributed by atoms with van der Waals surface area (Å²) in [7, 11) is 0. The van der Waals surface area contributed by atoms with E-state index in [0.29, 0.717) is 18.7 Å². The van der Waals surface area contributed by atoms with Gasteiger partial charge in [0.25, 0.3) is 0 Å². The first kappa shape index (κ1) is 10.3. The van der Waals surface area contributed by atoms with Crippen molar-refractivity contribution in [3.63, 3.8) is 0 Å². The Bertz CT molecular complexity index is 149. The second kappa shape index (κ2) is 6.03. The summed E-state index contributed by atoms with van der Waals surface area (Å²) in [5.74, 6) is 0.600. The van der Waals surface area contributed by atoms with E-state index in [1.54, 1.807) is 0 Å². The van der Waals surface area contributed by atoms with Crippen LogP contribution in [0.4, 0.5) is 0 Å². The van der Waals surface area contributed by atoms with Crippen molar-refractivity contribution in [1.82, 2.24) is 5.32 Å². The molecule has 11 heavy (non-hydrogen) atoms. The normalized spacial score (nSPS) is 9.18. The van der Waals surface area contributed by atoms with Gasteiger partial charge in [-0.05, 0) is 6.92 Å². The maximum absolute atomic E-state index is 10.8. The van der Waals surface area contributed by atoms with E-state index in [2.05, 4.69) is 5.32 Å². The van der Waals surface area contributed by atoms with Crippen molar-refractivity contribution in [3.8, 4) is 0 Å². The van der Waals surface area contributed by atoms with Crippen LogP contribution < -0.4 is 11.1 Å². The Morgan fingerprint density at radius 3 is 2.82 bits per heavy atom. The number of nitrogens with one attached hydrogen (secondary N) is 2. The highest BCUT2D eigenvalue weighted by Gasteiger charge is 1.98. The van der Waals surface area contributed by atoms with Crippen LogP contribution in [0, 0.1) is 5.41 Å². The van der Waals surface area contributed by atoms with Gasteiger partial charge in [0.1, 0.15) is 0 Å². The van der Waals surface area contributed by atoms with Crippen LogP contribution in [0.15, 0.2) is 0 Å². The van der Waals surface area contributed by atoms with Gasteiger partial charge in [-0.1, -0.05) is 11.8 Å². The van der Waals surface area contributed by atoms with Crippen LogP contribution in [-0.2, 0) is 4.79 Å². The Hall–Kier alpha value is -0.710. The number of carbonyl (C=O) groups excluding carboxylic acids is 1. The van der Waals surface area contributed by atoms with Crippen LogP contribution >= 0.6 is 11.8 Å². The molecule has 0 saturated carbocycles. The maximum atomic E-state index is 10.8. The van der Waals surface area contributed by atoms with Gasteiger partial charge in [-0.3, -0.25) is 10.2 Å². The van der Waals surface area contributed by atoms with Crippen molar-refractivity contribution in [3.05, 3.63) is 0 Å². The summed E-state index contributed by atoms with van der Waals surface area (Å²) in [6.45, 7) is 2.53. The van der Waals surface area contributed by atoms with Gasteiger partial charge >= 0.3 is 0 Å². The summed E-state index contributed by atoms with van der Waals surface area (Å²) in [5.41, 5.74) is 5.07. The van der Waals surface area contributed by atoms with Crippen LogP contribution in [0.25, 0.3) is 0 Å². The number of amides is 1. The van der Waals surface area contributed by atoms with Crippen molar-refractivity contribution >= 4 is 22.8 Å². The summed E-state index contributed by atoms with van der Waals surface area (Å²) in [6, 6.07) is 0. The van der Waals surface area contributed by atoms with Gasteiger partial charge in [0, 0.05) is 18.7 Å². The fraction of sp³-hybridized carbons (Fsp3) is 0.667. The van der Waals surface area contributed by atoms with E-state index in [1.165, 1.54) is 11.8 Å². The second-order valence-corrected chi connectivity index (χ2v) is 3.05. The third kappa shape index (κ3) is 7.18. The second-order valence-electron chi connectivity index (χ2n) is 1.92. The molecule has 0 unspecified atom stereocenters. The first-order valence-electron chi connectivity index (χ1n) is 3.40. The zero-order chi connectivity index (χ0) is 8.69. The Labute approximate surface area is 70.4 Å². The monoisotopic (exact) mass is 175 g/mol. The lowest BCUT2D eigenvalue weighted by molar-refractivity contribution is -0.120. The number of amidine groups is 1. The summed E-state index contributed by atoms with van der Waals surface area (Å²) in [5, 5.41) is 9.57. The molecule has 0 spiro atoms. The predicted octanol–water partition coefficient (Wildman–Crippen LogP) is 0.139. The van der Waals surface area contributed by atoms with Crippen molar-refractivity contribution < 1.29 is 4.79 Å². The smallest absolute Gasteiger partial charge is 0.220 e. The Balaban J connectivity index is 3.24. The van der Waals surface area contributed by atoms with E-state index in [9.17, 15) is 4.79 Å². The number of hydrogen-bond acceptors (Lipinski definition) is 3. The highest BCUT2D eigenvalue weighted by Crippen LogP contribution is 1.99. The van der Waals surface area contributed by atoms with Crippen LogP contribution in [0.1, 0.15) is 13.3 Å². The molecule has 5 heteroatoms. The molecule has 0 aliphatic heterocycles. The minimum atomic E-state index is 0.0150. The lowest BCUT2D eigenvalue weighted by Crippen LogP contribution is -2.23. The summed E-state index contributed by atoms with van der Waals surface area (Å²) in [4.78, 5) is 10.8. The molecule has 0 aromatic carbocycles. The van der Waals surface area contributed by atoms with Gasteiger partial charge in [-0.15, -0.1) is 0 Å². The Morgan fingerprint density at radius 2 is 2.36 bits per heavy atom. The molecule has 0 radical (unpaired) electrons. The van der Waals surface area contributed by atoms with Gasteiger partial charge in [0.05, 0.1) is 0 Å².